The molecule has 13 heavy (non-hydrogen) atoms. The molecule has 1 N–H and O–H groups in total. The van der Waals surface area contributed by atoms with Gasteiger partial charge in [0.05, 0.1) is 0 Å². The van der Waals surface area contributed by atoms with Crippen molar-refractivity contribution < 1.29 is 0 Å². The topological polar surface area (TPSA) is 12.0 Å². The van der Waals surface area contributed by atoms with Gasteiger partial charge >= 0.3 is 0 Å². The van der Waals surface area contributed by atoms with E-state index in [1.54, 1.807) is 0 Å². The SMILES string of the molecule is CCC(CC)CNC1CCSCC1. The van der Waals surface area contributed by atoms with Gasteiger partial charge < -0.3 is 5.32 Å². The van der Waals surface area contributed by atoms with E-state index in [4.69, 9.17) is 0 Å². The minimum atomic E-state index is 0.821. The van der Waals surface area contributed by atoms with Crippen LogP contribution in [0.1, 0.15) is 39.5 Å². The molecule has 0 unspecified atom stereocenters. The summed E-state index contributed by atoms with van der Waals surface area (Å²) in [5.41, 5.74) is 0. The van der Waals surface area contributed by atoms with Crippen LogP contribution in [0.15, 0.2) is 0 Å². The number of thioether (sulfide) groups is 1. The summed E-state index contributed by atoms with van der Waals surface area (Å²) in [6, 6.07) is 0.821. The monoisotopic (exact) mass is 201 g/mol. The molecule has 0 aromatic carbocycles. The predicted molar refractivity (Wildman–Crippen MR) is 62.4 cm³/mol. The van der Waals surface area contributed by atoms with E-state index in [2.05, 4.69) is 30.9 Å². The number of nitrogens with one attached hydrogen (secondary N) is 1. The van der Waals surface area contributed by atoms with Crippen LogP contribution in [0.5, 0.6) is 0 Å². The molecular formula is C11H23NS. The molecule has 0 saturated carbocycles. The van der Waals surface area contributed by atoms with Gasteiger partial charge in [0.15, 0.2) is 0 Å². The standard InChI is InChI=1S/C11H23NS/c1-3-10(4-2)9-12-11-5-7-13-8-6-11/h10-12H,3-9H2,1-2H3. The second-order valence-corrected chi connectivity index (χ2v) is 5.20. The fraction of sp³-hybridized carbons (Fsp3) is 1.00. The second-order valence-electron chi connectivity index (χ2n) is 3.98. The molecule has 0 aromatic heterocycles. The Morgan fingerprint density at radius 1 is 1.23 bits per heavy atom. The molecular weight excluding hydrogens is 178 g/mol. The second kappa shape index (κ2) is 6.72. The first kappa shape index (κ1) is 11.4. The molecule has 1 saturated heterocycles. The van der Waals surface area contributed by atoms with Gasteiger partial charge in [-0.25, -0.2) is 0 Å². The average Bonchev–Trinajstić information content (AvgIpc) is 2.21. The van der Waals surface area contributed by atoms with Crippen molar-refractivity contribution in [1.82, 2.24) is 5.32 Å². The third-order valence-corrected chi connectivity index (χ3v) is 4.12. The molecule has 0 aromatic rings. The Kier molecular flexibility index (Phi) is 5.88. The zero-order valence-corrected chi connectivity index (χ0v) is 9.83. The van der Waals surface area contributed by atoms with Crippen molar-refractivity contribution >= 4 is 11.8 Å². The van der Waals surface area contributed by atoms with Gasteiger partial charge in [0.1, 0.15) is 0 Å². The van der Waals surface area contributed by atoms with Gasteiger partial charge in [-0.2, -0.15) is 11.8 Å². The Balaban J connectivity index is 2.09. The Labute approximate surface area is 87.1 Å². The van der Waals surface area contributed by atoms with E-state index in [1.807, 2.05) is 0 Å². The average molecular weight is 201 g/mol. The normalized spacial score (nSPS) is 19.6. The summed E-state index contributed by atoms with van der Waals surface area (Å²) in [5, 5.41) is 3.71. The van der Waals surface area contributed by atoms with Crippen LogP contribution >= 0.6 is 11.8 Å². The van der Waals surface area contributed by atoms with E-state index in [1.165, 1.54) is 43.7 Å². The summed E-state index contributed by atoms with van der Waals surface area (Å²) in [6.07, 6.45) is 5.41. The number of hydrogen-bond acceptors (Lipinski definition) is 2. The van der Waals surface area contributed by atoms with E-state index in [-0.39, 0.29) is 0 Å². The molecule has 1 fully saturated rings. The fourth-order valence-electron chi connectivity index (χ4n) is 1.81. The number of rotatable bonds is 5. The minimum Gasteiger partial charge on any atom is -0.314 e. The zero-order valence-electron chi connectivity index (χ0n) is 9.01. The Bertz CT molecular complexity index is 117. The van der Waals surface area contributed by atoms with Crippen molar-refractivity contribution in [3.8, 4) is 0 Å². The molecule has 78 valence electrons. The molecule has 1 nitrogen and oxygen atoms in total. The molecule has 0 spiro atoms. The summed E-state index contributed by atoms with van der Waals surface area (Å²) in [7, 11) is 0. The molecule has 1 aliphatic rings. The van der Waals surface area contributed by atoms with Gasteiger partial charge in [-0.15, -0.1) is 0 Å². The highest BCUT2D eigenvalue weighted by Gasteiger charge is 2.13. The van der Waals surface area contributed by atoms with Crippen molar-refractivity contribution in [2.75, 3.05) is 18.1 Å². The van der Waals surface area contributed by atoms with E-state index in [9.17, 15) is 0 Å². The molecule has 1 heterocycles. The lowest BCUT2D eigenvalue weighted by atomic mass is 10.0. The molecule has 0 aliphatic carbocycles. The van der Waals surface area contributed by atoms with Crippen molar-refractivity contribution in [2.45, 2.75) is 45.6 Å². The van der Waals surface area contributed by atoms with Gasteiger partial charge in [0, 0.05) is 6.04 Å². The quantitative estimate of drug-likeness (QED) is 0.734. The first-order valence-electron chi connectivity index (χ1n) is 5.68. The van der Waals surface area contributed by atoms with Crippen LogP contribution < -0.4 is 5.32 Å². The fourth-order valence-corrected chi connectivity index (χ4v) is 2.92. The van der Waals surface area contributed by atoms with E-state index in [0.29, 0.717) is 0 Å². The van der Waals surface area contributed by atoms with Crippen molar-refractivity contribution in [1.29, 1.82) is 0 Å². The molecule has 0 amide bonds. The van der Waals surface area contributed by atoms with Gasteiger partial charge in [0.2, 0.25) is 0 Å². The van der Waals surface area contributed by atoms with Gasteiger partial charge in [-0.05, 0) is 36.8 Å². The predicted octanol–water partition coefficient (Wildman–Crippen LogP) is 2.91. The largest absolute Gasteiger partial charge is 0.314 e. The summed E-state index contributed by atoms with van der Waals surface area (Å²) >= 11 is 2.10. The molecule has 2 heteroatoms. The van der Waals surface area contributed by atoms with Crippen LogP contribution in [0.2, 0.25) is 0 Å². The Hall–Kier alpha value is 0.310. The van der Waals surface area contributed by atoms with Crippen molar-refractivity contribution in [2.24, 2.45) is 5.92 Å². The van der Waals surface area contributed by atoms with Gasteiger partial charge in [0.25, 0.3) is 0 Å². The summed E-state index contributed by atoms with van der Waals surface area (Å²) in [4.78, 5) is 0. The lowest BCUT2D eigenvalue weighted by molar-refractivity contribution is 0.394. The zero-order chi connectivity index (χ0) is 9.52. The molecule has 0 bridgehead atoms. The molecule has 0 radical (unpaired) electrons. The first-order chi connectivity index (χ1) is 6.36. The molecule has 0 atom stereocenters. The maximum atomic E-state index is 3.71. The van der Waals surface area contributed by atoms with Crippen molar-refractivity contribution in [3.05, 3.63) is 0 Å². The summed E-state index contributed by atoms with van der Waals surface area (Å²) < 4.78 is 0. The third kappa shape index (κ3) is 4.37. The van der Waals surface area contributed by atoms with Crippen LogP contribution in [0, 0.1) is 5.92 Å². The Morgan fingerprint density at radius 3 is 2.38 bits per heavy atom. The minimum absolute atomic E-state index is 0.821. The lowest BCUT2D eigenvalue weighted by Crippen LogP contribution is -2.35. The maximum absolute atomic E-state index is 3.71. The molecule has 1 rings (SSSR count). The summed E-state index contributed by atoms with van der Waals surface area (Å²) in [5.74, 6) is 3.62. The van der Waals surface area contributed by atoms with Crippen LogP contribution in [0.25, 0.3) is 0 Å². The highest BCUT2D eigenvalue weighted by Crippen LogP contribution is 2.17. The van der Waals surface area contributed by atoms with Gasteiger partial charge in [-0.1, -0.05) is 26.7 Å². The van der Waals surface area contributed by atoms with E-state index in [0.717, 1.165) is 12.0 Å². The first-order valence-corrected chi connectivity index (χ1v) is 6.83. The van der Waals surface area contributed by atoms with Crippen LogP contribution in [0.3, 0.4) is 0 Å². The van der Waals surface area contributed by atoms with Crippen LogP contribution in [-0.4, -0.2) is 24.1 Å². The highest BCUT2D eigenvalue weighted by atomic mass is 32.2. The van der Waals surface area contributed by atoms with E-state index >= 15 is 0 Å². The van der Waals surface area contributed by atoms with Crippen LogP contribution in [0.4, 0.5) is 0 Å². The van der Waals surface area contributed by atoms with Crippen molar-refractivity contribution in [3.63, 3.8) is 0 Å². The third-order valence-electron chi connectivity index (χ3n) is 3.07. The van der Waals surface area contributed by atoms with E-state index < -0.39 is 0 Å². The van der Waals surface area contributed by atoms with Crippen LogP contribution in [-0.2, 0) is 0 Å². The lowest BCUT2D eigenvalue weighted by Gasteiger charge is -2.24. The number of hydrogen-bond donors (Lipinski definition) is 1. The molecule has 1 aliphatic heterocycles. The smallest absolute Gasteiger partial charge is 0.00828 e. The summed E-state index contributed by atoms with van der Waals surface area (Å²) in [6.45, 7) is 5.83. The Morgan fingerprint density at radius 2 is 1.85 bits per heavy atom. The highest BCUT2D eigenvalue weighted by molar-refractivity contribution is 7.99. The van der Waals surface area contributed by atoms with Gasteiger partial charge in [-0.3, -0.25) is 0 Å². The maximum Gasteiger partial charge on any atom is 0.00828 e.